The van der Waals surface area contributed by atoms with Gasteiger partial charge in [0.15, 0.2) is 0 Å². The Morgan fingerprint density at radius 2 is 2.10 bits per heavy atom. The molecule has 0 aliphatic carbocycles. The van der Waals surface area contributed by atoms with Crippen LogP contribution in [-0.4, -0.2) is 30.1 Å². The molecule has 1 aliphatic rings. The standard InChI is InChI=1S/C17H18N2O2/c20-17(14-6-4-10-18-12-14)19(13-16-9-5-11-21-16)15-7-2-1-3-8-15/h1-4,6-8,10,12,16H,5,9,11,13H2. The molecule has 0 radical (unpaired) electrons. The van der Waals surface area contributed by atoms with Gasteiger partial charge in [0.1, 0.15) is 0 Å². The van der Waals surface area contributed by atoms with Gasteiger partial charge in [-0.05, 0) is 37.1 Å². The lowest BCUT2D eigenvalue weighted by atomic mass is 10.1. The van der Waals surface area contributed by atoms with Crippen molar-refractivity contribution in [3.05, 3.63) is 60.4 Å². The molecule has 0 bridgehead atoms. The SMILES string of the molecule is O=C(c1cccnc1)N(CC1CCCO1)c1ccccc1. The van der Waals surface area contributed by atoms with Crippen molar-refractivity contribution in [2.24, 2.45) is 0 Å². The van der Waals surface area contributed by atoms with Crippen LogP contribution in [-0.2, 0) is 4.74 Å². The van der Waals surface area contributed by atoms with Gasteiger partial charge in [0.25, 0.3) is 5.91 Å². The minimum absolute atomic E-state index is 0.0372. The van der Waals surface area contributed by atoms with Crippen LogP contribution in [0.15, 0.2) is 54.9 Å². The van der Waals surface area contributed by atoms with Gasteiger partial charge in [-0.2, -0.15) is 0 Å². The highest BCUT2D eigenvalue weighted by molar-refractivity contribution is 6.05. The van der Waals surface area contributed by atoms with Gasteiger partial charge in [0.2, 0.25) is 0 Å². The summed E-state index contributed by atoms with van der Waals surface area (Å²) in [6.45, 7) is 1.37. The number of amides is 1. The van der Waals surface area contributed by atoms with E-state index in [0.29, 0.717) is 12.1 Å². The fourth-order valence-electron chi connectivity index (χ4n) is 2.55. The summed E-state index contributed by atoms with van der Waals surface area (Å²) in [7, 11) is 0. The van der Waals surface area contributed by atoms with Gasteiger partial charge in [0.05, 0.1) is 18.2 Å². The second kappa shape index (κ2) is 6.50. The summed E-state index contributed by atoms with van der Waals surface area (Å²) in [4.78, 5) is 18.6. The lowest BCUT2D eigenvalue weighted by Crippen LogP contribution is -2.37. The Morgan fingerprint density at radius 3 is 2.76 bits per heavy atom. The zero-order chi connectivity index (χ0) is 14.5. The molecule has 1 fully saturated rings. The van der Waals surface area contributed by atoms with E-state index in [4.69, 9.17) is 4.74 Å². The van der Waals surface area contributed by atoms with E-state index in [1.807, 2.05) is 30.3 Å². The molecular formula is C17H18N2O2. The monoisotopic (exact) mass is 282 g/mol. The summed E-state index contributed by atoms with van der Waals surface area (Å²) in [6.07, 6.45) is 5.46. The molecule has 0 N–H and O–H groups in total. The third-order valence-corrected chi connectivity index (χ3v) is 3.63. The van der Waals surface area contributed by atoms with Crippen LogP contribution in [0.1, 0.15) is 23.2 Å². The number of benzene rings is 1. The Bertz CT molecular complexity index is 580. The summed E-state index contributed by atoms with van der Waals surface area (Å²) in [5, 5.41) is 0. The van der Waals surface area contributed by atoms with Crippen LogP contribution in [0.5, 0.6) is 0 Å². The van der Waals surface area contributed by atoms with E-state index in [-0.39, 0.29) is 12.0 Å². The van der Waals surface area contributed by atoms with E-state index in [2.05, 4.69) is 4.98 Å². The first-order chi connectivity index (χ1) is 10.3. The predicted molar refractivity (Wildman–Crippen MR) is 81.3 cm³/mol. The third-order valence-electron chi connectivity index (χ3n) is 3.63. The van der Waals surface area contributed by atoms with Gasteiger partial charge in [0, 0.05) is 24.7 Å². The predicted octanol–water partition coefficient (Wildman–Crippen LogP) is 2.91. The molecule has 0 spiro atoms. The number of ether oxygens (including phenoxy) is 1. The molecule has 1 unspecified atom stereocenters. The highest BCUT2D eigenvalue weighted by atomic mass is 16.5. The number of rotatable bonds is 4. The molecule has 1 amide bonds. The Balaban J connectivity index is 1.86. The van der Waals surface area contributed by atoms with Crippen LogP contribution >= 0.6 is 0 Å². The number of para-hydroxylation sites is 1. The Kier molecular flexibility index (Phi) is 4.26. The molecule has 3 rings (SSSR count). The Morgan fingerprint density at radius 1 is 1.24 bits per heavy atom. The molecule has 4 nitrogen and oxygen atoms in total. The molecule has 21 heavy (non-hydrogen) atoms. The zero-order valence-electron chi connectivity index (χ0n) is 11.8. The van der Waals surface area contributed by atoms with E-state index in [1.54, 1.807) is 29.4 Å². The molecule has 2 aromatic rings. The fraction of sp³-hybridized carbons (Fsp3) is 0.294. The summed E-state index contributed by atoms with van der Waals surface area (Å²) < 4.78 is 5.68. The maximum Gasteiger partial charge on any atom is 0.259 e. The number of anilines is 1. The van der Waals surface area contributed by atoms with Gasteiger partial charge < -0.3 is 9.64 Å². The van der Waals surface area contributed by atoms with Crippen LogP contribution in [0, 0.1) is 0 Å². The van der Waals surface area contributed by atoms with Crippen molar-refractivity contribution in [2.45, 2.75) is 18.9 Å². The number of carbonyl (C=O) groups excluding carboxylic acids is 1. The Hall–Kier alpha value is -2.20. The lowest BCUT2D eigenvalue weighted by molar-refractivity contribution is 0.0917. The highest BCUT2D eigenvalue weighted by Crippen LogP contribution is 2.21. The second-order valence-electron chi connectivity index (χ2n) is 5.13. The van der Waals surface area contributed by atoms with Gasteiger partial charge in [-0.25, -0.2) is 0 Å². The maximum atomic E-state index is 12.8. The number of pyridine rings is 1. The van der Waals surface area contributed by atoms with E-state index >= 15 is 0 Å². The van der Waals surface area contributed by atoms with Crippen molar-refractivity contribution >= 4 is 11.6 Å². The number of aromatic nitrogens is 1. The van der Waals surface area contributed by atoms with Crippen LogP contribution in [0.2, 0.25) is 0 Å². The fourth-order valence-corrected chi connectivity index (χ4v) is 2.55. The van der Waals surface area contributed by atoms with Crippen LogP contribution in [0.4, 0.5) is 5.69 Å². The molecule has 1 aromatic heterocycles. The van der Waals surface area contributed by atoms with Gasteiger partial charge in [-0.15, -0.1) is 0 Å². The quantitative estimate of drug-likeness (QED) is 0.866. The number of hydrogen-bond donors (Lipinski definition) is 0. The Labute approximate surface area is 124 Å². The van der Waals surface area contributed by atoms with Crippen molar-refractivity contribution in [1.29, 1.82) is 0 Å². The van der Waals surface area contributed by atoms with Crippen LogP contribution in [0.25, 0.3) is 0 Å². The normalized spacial score (nSPS) is 17.6. The van der Waals surface area contributed by atoms with E-state index < -0.39 is 0 Å². The smallest absolute Gasteiger partial charge is 0.259 e. The van der Waals surface area contributed by atoms with Gasteiger partial charge in [-0.3, -0.25) is 9.78 Å². The van der Waals surface area contributed by atoms with E-state index in [1.165, 1.54) is 0 Å². The number of carbonyl (C=O) groups is 1. The molecular weight excluding hydrogens is 264 g/mol. The van der Waals surface area contributed by atoms with Crippen LogP contribution < -0.4 is 4.90 Å². The first-order valence-electron chi connectivity index (χ1n) is 7.23. The average Bonchev–Trinajstić information content (AvgIpc) is 3.07. The van der Waals surface area contributed by atoms with Crippen molar-refractivity contribution in [3.63, 3.8) is 0 Å². The first kappa shape index (κ1) is 13.8. The van der Waals surface area contributed by atoms with Gasteiger partial charge >= 0.3 is 0 Å². The zero-order valence-corrected chi connectivity index (χ0v) is 11.8. The molecule has 1 aromatic carbocycles. The molecule has 2 heterocycles. The highest BCUT2D eigenvalue weighted by Gasteiger charge is 2.24. The van der Waals surface area contributed by atoms with Crippen molar-refractivity contribution in [3.8, 4) is 0 Å². The summed E-state index contributed by atoms with van der Waals surface area (Å²) in [6, 6.07) is 13.3. The minimum atomic E-state index is -0.0372. The first-order valence-corrected chi connectivity index (χ1v) is 7.23. The molecule has 4 heteroatoms. The van der Waals surface area contributed by atoms with Crippen molar-refractivity contribution < 1.29 is 9.53 Å². The number of nitrogens with zero attached hydrogens (tertiary/aromatic N) is 2. The molecule has 1 saturated heterocycles. The van der Waals surface area contributed by atoms with E-state index in [9.17, 15) is 4.79 Å². The molecule has 0 saturated carbocycles. The summed E-state index contributed by atoms with van der Waals surface area (Å²) >= 11 is 0. The van der Waals surface area contributed by atoms with Crippen molar-refractivity contribution in [2.75, 3.05) is 18.1 Å². The minimum Gasteiger partial charge on any atom is -0.376 e. The summed E-state index contributed by atoms with van der Waals surface area (Å²) in [5.74, 6) is -0.0372. The van der Waals surface area contributed by atoms with Crippen molar-refractivity contribution in [1.82, 2.24) is 4.98 Å². The molecule has 1 aliphatic heterocycles. The summed E-state index contributed by atoms with van der Waals surface area (Å²) in [5.41, 5.74) is 1.49. The maximum absolute atomic E-state index is 12.8. The van der Waals surface area contributed by atoms with Crippen LogP contribution in [0.3, 0.4) is 0 Å². The van der Waals surface area contributed by atoms with E-state index in [0.717, 1.165) is 25.1 Å². The molecule has 108 valence electrons. The topological polar surface area (TPSA) is 42.4 Å². The molecule has 1 atom stereocenters. The van der Waals surface area contributed by atoms with Gasteiger partial charge in [-0.1, -0.05) is 18.2 Å². The largest absolute Gasteiger partial charge is 0.376 e. The second-order valence-corrected chi connectivity index (χ2v) is 5.13. The average molecular weight is 282 g/mol. The number of hydrogen-bond acceptors (Lipinski definition) is 3. The third kappa shape index (κ3) is 3.28. The lowest BCUT2D eigenvalue weighted by Gasteiger charge is -2.25.